The highest BCUT2D eigenvalue weighted by atomic mass is 35.5. The molecule has 0 saturated carbocycles. The van der Waals surface area contributed by atoms with Crippen molar-refractivity contribution in [1.82, 2.24) is 0 Å². The van der Waals surface area contributed by atoms with Gasteiger partial charge >= 0.3 is 5.97 Å². The molecule has 0 aromatic heterocycles. The molecular weight excluding hydrogens is 156 g/mol. The fraction of sp³-hybridized carbons (Fsp3) is 0.500. The van der Waals surface area contributed by atoms with Gasteiger partial charge in [-0.1, -0.05) is 0 Å². The molecule has 58 valence electrons. The van der Waals surface area contributed by atoms with E-state index in [0.29, 0.717) is 5.76 Å². The van der Waals surface area contributed by atoms with Crippen LogP contribution < -0.4 is 0 Å². The summed E-state index contributed by atoms with van der Waals surface area (Å²) in [5.41, 5.74) is 0. The van der Waals surface area contributed by atoms with Crippen LogP contribution >= 0.6 is 11.6 Å². The van der Waals surface area contributed by atoms with Crippen molar-refractivity contribution in [1.29, 1.82) is 0 Å². The van der Waals surface area contributed by atoms with Gasteiger partial charge in [-0.25, -0.2) is 4.79 Å². The highest BCUT2D eigenvalue weighted by molar-refractivity contribution is 6.19. The molecule has 10 heavy (non-hydrogen) atoms. The SMILES string of the molecule is COC(=O)/C=C(\CCl)OC. The van der Waals surface area contributed by atoms with E-state index in [1.807, 2.05) is 0 Å². The van der Waals surface area contributed by atoms with E-state index in [1.165, 1.54) is 20.3 Å². The van der Waals surface area contributed by atoms with Crippen LogP contribution in [0.25, 0.3) is 0 Å². The smallest absolute Gasteiger partial charge is 0.333 e. The van der Waals surface area contributed by atoms with Crippen LogP contribution in [0.15, 0.2) is 11.8 Å². The molecule has 0 aromatic rings. The lowest BCUT2D eigenvalue weighted by atomic mass is 10.5. The molecule has 0 radical (unpaired) electrons. The Morgan fingerprint density at radius 1 is 1.50 bits per heavy atom. The van der Waals surface area contributed by atoms with E-state index < -0.39 is 5.97 Å². The van der Waals surface area contributed by atoms with Gasteiger partial charge in [0.2, 0.25) is 0 Å². The van der Waals surface area contributed by atoms with E-state index in [0.717, 1.165) is 0 Å². The number of ether oxygens (including phenoxy) is 2. The van der Waals surface area contributed by atoms with Crippen LogP contribution in [-0.2, 0) is 14.3 Å². The zero-order valence-electron chi connectivity index (χ0n) is 5.89. The Kier molecular flexibility index (Phi) is 4.76. The number of hydrogen-bond donors (Lipinski definition) is 0. The van der Waals surface area contributed by atoms with Gasteiger partial charge in [0.25, 0.3) is 0 Å². The number of alkyl halides is 1. The van der Waals surface area contributed by atoms with Gasteiger partial charge in [0.15, 0.2) is 0 Å². The average molecular weight is 165 g/mol. The summed E-state index contributed by atoms with van der Waals surface area (Å²) in [7, 11) is 2.73. The van der Waals surface area contributed by atoms with Crippen molar-refractivity contribution in [2.75, 3.05) is 20.1 Å². The van der Waals surface area contributed by atoms with Crippen LogP contribution in [0.4, 0.5) is 0 Å². The van der Waals surface area contributed by atoms with Gasteiger partial charge in [-0.2, -0.15) is 0 Å². The van der Waals surface area contributed by atoms with Gasteiger partial charge in [-0.15, -0.1) is 11.6 Å². The highest BCUT2D eigenvalue weighted by Gasteiger charge is 1.98. The minimum Gasteiger partial charge on any atom is -0.500 e. The molecule has 0 bridgehead atoms. The standard InChI is InChI=1S/C6H9ClO3/c1-9-5(4-7)3-6(8)10-2/h3H,4H2,1-2H3/b5-3+. The Morgan fingerprint density at radius 3 is 2.40 bits per heavy atom. The lowest BCUT2D eigenvalue weighted by molar-refractivity contribution is -0.135. The first-order chi connectivity index (χ1) is 4.74. The summed E-state index contributed by atoms with van der Waals surface area (Å²) in [5, 5.41) is 0. The predicted molar refractivity (Wildman–Crippen MR) is 37.8 cm³/mol. The molecule has 0 rings (SSSR count). The molecule has 4 heteroatoms. The van der Waals surface area contributed by atoms with Crippen LogP contribution in [0.3, 0.4) is 0 Å². The second-order valence-corrected chi connectivity index (χ2v) is 1.74. The van der Waals surface area contributed by atoms with Crippen molar-refractivity contribution < 1.29 is 14.3 Å². The average Bonchev–Trinajstić information content (AvgIpc) is 1.99. The van der Waals surface area contributed by atoms with Crippen molar-refractivity contribution in [2.24, 2.45) is 0 Å². The van der Waals surface area contributed by atoms with Crippen LogP contribution in [-0.4, -0.2) is 26.1 Å². The summed E-state index contributed by atoms with van der Waals surface area (Å²) in [4.78, 5) is 10.5. The zero-order chi connectivity index (χ0) is 7.98. The fourth-order valence-corrected chi connectivity index (χ4v) is 0.529. The van der Waals surface area contributed by atoms with E-state index in [2.05, 4.69) is 4.74 Å². The topological polar surface area (TPSA) is 35.5 Å². The number of halogens is 1. The van der Waals surface area contributed by atoms with Crippen LogP contribution in [0.5, 0.6) is 0 Å². The van der Waals surface area contributed by atoms with Gasteiger partial charge in [0.1, 0.15) is 5.76 Å². The maximum absolute atomic E-state index is 10.5. The molecule has 0 atom stereocenters. The molecule has 3 nitrogen and oxygen atoms in total. The third-order valence-corrected chi connectivity index (χ3v) is 1.14. The Labute approximate surface area is 64.6 Å². The monoisotopic (exact) mass is 164 g/mol. The largest absolute Gasteiger partial charge is 0.500 e. The Balaban J connectivity index is 3.96. The molecule has 0 spiro atoms. The van der Waals surface area contributed by atoms with E-state index in [9.17, 15) is 4.79 Å². The maximum Gasteiger partial charge on any atom is 0.333 e. The second kappa shape index (κ2) is 5.11. The van der Waals surface area contributed by atoms with Gasteiger partial charge in [-0.05, 0) is 0 Å². The molecule has 0 saturated heterocycles. The maximum atomic E-state index is 10.5. The molecule has 0 N–H and O–H groups in total. The number of hydrogen-bond acceptors (Lipinski definition) is 3. The van der Waals surface area contributed by atoms with Crippen molar-refractivity contribution >= 4 is 17.6 Å². The van der Waals surface area contributed by atoms with E-state index in [1.54, 1.807) is 0 Å². The third kappa shape index (κ3) is 3.35. The first-order valence-corrected chi connectivity index (χ1v) is 3.16. The van der Waals surface area contributed by atoms with Crippen molar-refractivity contribution in [3.63, 3.8) is 0 Å². The molecular formula is C6H9ClO3. The van der Waals surface area contributed by atoms with Crippen molar-refractivity contribution in [3.05, 3.63) is 11.8 Å². The summed E-state index contributed by atoms with van der Waals surface area (Å²) < 4.78 is 9.03. The van der Waals surface area contributed by atoms with E-state index in [-0.39, 0.29) is 5.88 Å². The number of carbonyl (C=O) groups excluding carboxylic acids is 1. The molecule has 0 aliphatic heterocycles. The lowest BCUT2D eigenvalue weighted by Gasteiger charge is -1.98. The van der Waals surface area contributed by atoms with Gasteiger partial charge < -0.3 is 9.47 Å². The Hall–Kier alpha value is -0.700. The lowest BCUT2D eigenvalue weighted by Crippen LogP contribution is -1.99. The highest BCUT2D eigenvalue weighted by Crippen LogP contribution is 1.97. The fourth-order valence-electron chi connectivity index (χ4n) is 0.342. The van der Waals surface area contributed by atoms with E-state index in [4.69, 9.17) is 16.3 Å². The molecule has 0 aromatic carbocycles. The summed E-state index contributed by atoms with van der Waals surface area (Å²) >= 11 is 5.37. The van der Waals surface area contributed by atoms with Crippen LogP contribution in [0, 0.1) is 0 Å². The number of rotatable bonds is 3. The van der Waals surface area contributed by atoms with Gasteiger partial charge in [0, 0.05) is 0 Å². The number of allylic oxidation sites excluding steroid dienone is 1. The first kappa shape index (κ1) is 9.30. The first-order valence-electron chi connectivity index (χ1n) is 2.63. The predicted octanol–water partition coefficient (Wildman–Crippen LogP) is 0.928. The van der Waals surface area contributed by atoms with Crippen molar-refractivity contribution in [3.8, 4) is 0 Å². The van der Waals surface area contributed by atoms with Gasteiger partial charge in [-0.3, -0.25) is 0 Å². The summed E-state index contributed by atoms with van der Waals surface area (Å²) in [6.07, 6.45) is 1.20. The summed E-state index contributed by atoms with van der Waals surface area (Å²) in [5.74, 6) is 0.108. The number of carbonyl (C=O) groups is 1. The summed E-state index contributed by atoms with van der Waals surface area (Å²) in [6.45, 7) is 0. The normalized spacial score (nSPS) is 10.9. The summed E-state index contributed by atoms with van der Waals surface area (Å²) in [6, 6.07) is 0. The molecule has 0 aliphatic carbocycles. The quantitative estimate of drug-likeness (QED) is 0.270. The Bertz CT molecular complexity index is 136. The Morgan fingerprint density at radius 2 is 2.10 bits per heavy atom. The third-order valence-electron chi connectivity index (χ3n) is 0.874. The molecule has 0 heterocycles. The van der Waals surface area contributed by atoms with Crippen LogP contribution in [0.2, 0.25) is 0 Å². The second-order valence-electron chi connectivity index (χ2n) is 1.47. The van der Waals surface area contributed by atoms with Crippen LogP contribution in [0.1, 0.15) is 0 Å². The molecule has 0 fully saturated rings. The minimum absolute atomic E-state index is 0.172. The van der Waals surface area contributed by atoms with Gasteiger partial charge in [0.05, 0.1) is 26.2 Å². The number of esters is 1. The molecule has 0 amide bonds. The molecule has 0 unspecified atom stereocenters. The zero-order valence-corrected chi connectivity index (χ0v) is 6.64. The van der Waals surface area contributed by atoms with Crippen molar-refractivity contribution in [2.45, 2.75) is 0 Å². The molecule has 0 aliphatic rings. The van der Waals surface area contributed by atoms with E-state index >= 15 is 0 Å². The number of methoxy groups -OCH3 is 2. The minimum atomic E-state index is -0.461.